The van der Waals surface area contributed by atoms with Gasteiger partial charge in [-0.15, -0.1) is 9.24 Å². The highest BCUT2D eigenvalue weighted by atomic mass is 31.0. The minimum absolute atomic E-state index is 0.00408. The topological polar surface area (TPSA) is 22.0 Å². The van der Waals surface area contributed by atoms with E-state index >= 15 is 0 Å². The Bertz CT molecular complexity index is 872. The van der Waals surface area contributed by atoms with Gasteiger partial charge in [-0.2, -0.15) is 0 Å². The number of hydrogen-bond donors (Lipinski definition) is 0. The molecule has 1 atom stereocenters. The van der Waals surface area contributed by atoms with Crippen LogP contribution in [0.25, 0.3) is 21.8 Å². The second-order valence-electron chi connectivity index (χ2n) is 5.86. The normalized spacial score (nSPS) is 12.2. The first-order valence-electron chi connectivity index (χ1n) is 6.70. The first-order chi connectivity index (χ1) is 9.39. The van der Waals surface area contributed by atoms with E-state index in [1.54, 1.807) is 0 Å². The summed E-state index contributed by atoms with van der Waals surface area (Å²) in [5.41, 5.74) is 3.28. The summed E-state index contributed by atoms with van der Waals surface area (Å²) in [6.07, 6.45) is 0. The third-order valence-electron chi connectivity index (χ3n) is 3.86. The second kappa shape index (κ2) is 4.43. The van der Waals surface area contributed by atoms with Crippen LogP contribution in [0.1, 0.15) is 19.4 Å². The molecule has 0 saturated carbocycles. The van der Waals surface area contributed by atoms with E-state index < -0.39 is 0 Å². The Hall–Kier alpha value is -1.66. The minimum atomic E-state index is -0.00408. The molecule has 0 N–H and O–H groups in total. The molecule has 0 fully saturated rings. The predicted molar refractivity (Wildman–Crippen MR) is 89.4 cm³/mol. The highest BCUT2D eigenvalue weighted by molar-refractivity contribution is 7.18. The Morgan fingerprint density at radius 3 is 2.35 bits per heavy atom. The van der Waals surface area contributed by atoms with E-state index in [0.29, 0.717) is 0 Å². The van der Waals surface area contributed by atoms with Crippen LogP contribution in [0.4, 0.5) is 0 Å². The molecular weight excluding hydrogens is 265 g/mol. The molecule has 0 saturated heterocycles. The second-order valence-corrected chi connectivity index (χ2v) is 7.30. The number of pyridine rings is 1. The lowest BCUT2D eigenvalue weighted by Gasteiger charge is -2.20. The van der Waals surface area contributed by atoms with Gasteiger partial charge in [0, 0.05) is 23.0 Å². The first kappa shape index (κ1) is 13.3. The summed E-state index contributed by atoms with van der Waals surface area (Å²) in [7, 11) is 4.87. The summed E-state index contributed by atoms with van der Waals surface area (Å²) in [4.78, 5) is 12.6. The van der Waals surface area contributed by atoms with Gasteiger partial charge in [0.15, 0.2) is 5.43 Å². The van der Waals surface area contributed by atoms with Crippen LogP contribution in [0.2, 0.25) is 0 Å². The standard InChI is InChI=1S/C17H18NOP/c1-17(2,20)11-8-9-13-15(10-11)18(3)14-7-5-4-6-12(14)16(13)19/h4-10H,20H2,1-3H3. The molecule has 3 aromatic rings. The van der Waals surface area contributed by atoms with E-state index in [2.05, 4.69) is 33.7 Å². The van der Waals surface area contributed by atoms with E-state index in [-0.39, 0.29) is 10.6 Å². The van der Waals surface area contributed by atoms with Crippen molar-refractivity contribution in [2.24, 2.45) is 7.05 Å². The van der Waals surface area contributed by atoms with E-state index in [9.17, 15) is 4.79 Å². The van der Waals surface area contributed by atoms with Crippen molar-refractivity contribution in [3.05, 3.63) is 58.3 Å². The average Bonchev–Trinajstić information content (AvgIpc) is 2.43. The molecule has 0 spiro atoms. The maximum atomic E-state index is 12.6. The van der Waals surface area contributed by atoms with E-state index in [0.717, 1.165) is 21.8 Å². The molecule has 20 heavy (non-hydrogen) atoms. The van der Waals surface area contributed by atoms with Crippen LogP contribution in [-0.2, 0) is 12.2 Å². The van der Waals surface area contributed by atoms with Crippen LogP contribution in [0.3, 0.4) is 0 Å². The molecule has 1 unspecified atom stereocenters. The minimum Gasteiger partial charge on any atom is -0.343 e. The number of hydrogen-bond acceptors (Lipinski definition) is 1. The molecule has 2 nitrogen and oxygen atoms in total. The number of para-hydroxylation sites is 1. The third-order valence-corrected chi connectivity index (χ3v) is 4.19. The van der Waals surface area contributed by atoms with Gasteiger partial charge in [0.25, 0.3) is 0 Å². The summed E-state index contributed by atoms with van der Waals surface area (Å²) in [6.45, 7) is 4.30. The number of aryl methyl sites for hydroxylation is 1. The van der Waals surface area contributed by atoms with Crippen molar-refractivity contribution in [2.45, 2.75) is 19.0 Å². The molecule has 1 heterocycles. The number of rotatable bonds is 1. The van der Waals surface area contributed by atoms with Gasteiger partial charge >= 0.3 is 0 Å². The fourth-order valence-electron chi connectivity index (χ4n) is 2.63. The molecule has 0 radical (unpaired) electrons. The average molecular weight is 283 g/mol. The highest BCUT2D eigenvalue weighted by Crippen LogP contribution is 2.32. The Labute approximate surface area is 120 Å². The number of fused-ring (bicyclic) bond motifs is 2. The summed E-state index contributed by atoms with van der Waals surface area (Å²) in [6, 6.07) is 13.9. The van der Waals surface area contributed by atoms with Crippen LogP contribution < -0.4 is 5.43 Å². The van der Waals surface area contributed by atoms with Gasteiger partial charge in [-0.25, -0.2) is 0 Å². The summed E-state index contributed by atoms with van der Waals surface area (Å²) < 4.78 is 2.10. The number of nitrogens with zero attached hydrogens (tertiary/aromatic N) is 1. The van der Waals surface area contributed by atoms with Gasteiger partial charge < -0.3 is 4.57 Å². The van der Waals surface area contributed by atoms with Crippen molar-refractivity contribution in [3.63, 3.8) is 0 Å². The zero-order valence-electron chi connectivity index (χ0n) is 12.0. The monoisotopic (exact) mass is 283 g/mol. The molecular formula is C17H18NOP. The van der Waals surface area contributed by atoms with Crippen LogP contribution >= 0.6 is 9.24 Å². The lowest BCUT2D eigenvalue weighted by Crippen LogP contribution is -2.12. The molecule has 1 aromatic heterocycles. The predicted octanol–water partition coefficient (Wildman–Crippen LogP) is 3.80. The molecule has 0 bridgehead atoms. The smallest absolute Gasteiger partial charge is 0.197 e. The van der Waals surface area contributed by atoms with Crippen LogP contribution in [-0.4, -0.2) is 4.57 Å². The molecule has 3 rings (SSSR count). The summed E-state index contributed by atoms with van der Waals surface area (Å²) in [5.74, 6) is 0. The van der Waals surface area contributed by atoms with Gasteiger partial charge in [-0.05, 0) is 29.8 Å². The highest BCUT2D eigenvalue weighted by Gasteiger charge is 2.16. The zero-order valence-corrected chi connectivity index (χ0v) is 13.1. The fourth-order valence-corrected chi connectivity index (χ4v) is 2.81. The summed E-state index contributed by atoms with van der Waals surface area (Å²) in [5, 5.41) is 1.56. The van der Waals surface area contributed by atoms with Gasteiger partial charge in [0.05, 0.1) is 11.0 Å². The van der Waals surface area contributed by atoms with Gasteiger partial charge in [-0.1, -0.05) is 32.0 Å². The molecule has 0 aliphatic heterocycles. The van der Waals surface area contributed by atoms with Crippen molar-refractivity contribution in [1.82, 2.24) is 4.57 Å². The first-order valence-corrected chi connectivity index (χ1v) is 7.28. The van der Waals surface area contributed by atoms with Gasteiger partial charge in [0.1, 0.15) is 0 Å². The molecule has 3 heteroatoms. The Morgan fingerprint density at radius 2 is 1.65 bits per heavy atom. The Kier molecular flexibility index (Phi) is 2.95. The maximum absolute atomic E-state index is 12.6. The number of aromatic nitrogens is 1. The number of benzene rings is 2. The lowest BCUT2D eigenvalue weighted by atomic mass is 9.99. The zero-order chi connectivity index (χ0) is 14.5. The quantitative estimate of drug-likeness (QED) is 0.492. The lowest BCUT2D eigenvalue weighted by molar-refractivity contribution is 0.783. The van der Waals surface area contributed by atoms with E-state index in [4.69, 9.17) is 0 Å². The fraction of sp³-hybridized carbons (Fsp3) is 0.235. The van der Waals surface area contributed by atoms with Gasteiger partial charge in [0.2, 0.25) is 0 Å². The SMILES string of the molecule is Cn1c2ccccc2c(=O)c2ccc(C(C)(C)P)cc21. The molecule has 102 valence electrons. The van der Waals surface area contributed by atoms with Crippen molar-refractivity contribution >= 4 is 31.0 Å². The molecule has 0 aliphatic rings. The van der Waals surface area contributed by atoms with E-state index in [1.807, 2.05) is 43.4 Å². The molecule has 0 aliphatic carbocycles. The maximum Gasteiger partial charge on any atom is 0.197 e. The van der Waals surface area contributed by atoms with Crippen molar-refractivity contribution in [2.75, 3.05) is 0 Å². The van der Waals surface area contributed by atoms with Gasteiger partial charge in [-0.3, -0.25) is 4.79 Å². The third kappa shape index (κ3) is 1.96. The Morgan fingerprint density at radius 1 is 1.00 bits per heavy atom. The van der Waals surface area contributed by atoms with Crippen molar-refractivity contribution in [1.29, 1.82) is 0 Å². The molecule has 0 amide bonds. The van der Waals surface area contributed by atoms with Crippen LogP contribution in [0.5, 0.6) is 0 Å². The summed E-state index contributed by atoms with van der Waals surface area (Å²) >= 11 is 0. The largest absolute Gasteiger partial charge is 0.343 e. The molecule has 2 aromatic carbocycles. The van der Waals surface area contributed by atoms with Crippen molar-refractivity contribution in [3.8, 4) is 0 Å². The van der Waals surface area contributed by atoms with Crippen LogP contribution in [0, 0.1) is 0 Å². The van der Waals surface area contributed by atoms with Crippen molar-refractivity contribution < 1.29 is 0 Å². The van der Waals surface area contributed by atoms with E-state index in [1.165, 1.54) is 5.56 Å². The Balaban J connectivity index is 2.51. The van der Waals surface area contributed by atoms with Crippen LogP contribution in [0.15, 0.2) is 47.3 Å².